The fraction of sp³-hybridized carbons (Fsp3) is 0.154. The number of aryl methyl sites for hydroxylation is 4. The first-order valence-corrected chi connectivity index (χ1v) is 12.5. The summed E-state index contributed by atoms with van der Waals surface area (Å²) in [5.41, 5.74) is 4.79. The molecule has 0 saturated carbocycles. The summed E-state index contributed by atoms with van der Waals surface area (Å²) < 4.78 is 23.8. The van der Waals surface area contributed by atoms with Gasteiger partial charge >= 0.3 is 11.9 Å². The molecule has 2 atom stereocenters. The maximum absolute atomic E-state index is 5.99. The van der Waals surface area contributed by atoms with Crippen LogP contribution in [-0.2, 0) is 0 Å². The minimum absolute atomic E-state index is 0.231. The summed E-state index contributed by atoms with van der Waals surface area (Å²) in [4.78, 5) is 0. The van der Waals surface area contributed by atoms with Crippen LogP contribution >= 0.6 is 16.4 Å². The molecule has 0 saturated heterocycles. The topological polar surface area (TPSA) is 36.9 Å². The molecule has 4 aromatic rings. The Morgan fingerprint density at radius 2 is 0.906 bits per heavy atom. The van der Waals surface area contributed by atoms with E-state index in [9.17, 15) is 0 Å². The number of ether oxygens (including phenoxy) is 4. The van der Waals surface area contributed by atoms with Gasteiger partial charge in [-0.2, -0.15) is 0 Å². The van der Waals surface area contributed by atoms with Crippen molar-refractivity contribution >= 4 is 16.4 Å². The maximum Gasteiger partial charge on any atom is 0.376 e. The van der Waals surface area contributed by atoms with Crippen LogP contribution in [0.15, 0.2) is 60.4 Å². The van der Waals surface area contributed by atoms with Gasteiger partial charge in [0.05, 0.1) is 0 Å². The van der Waals surface area contributed by atoms with E-state index >= 15 is 0 Å². The monoisotopic (exact) mass is 460 g/mol. The van der Waals surface area contributed by atoms with Gasteiger partial charge in [-0.05, 0) is 108 Å². The standard InChI is InChI=1S/C26H22O4P2/c1-13-9-19(15(3)31-13)17-5-7-21-23(11-17)29-25(27-21)26-28-22-8-6-18(12-24(22)30-26)20-10-14(2)32-16(20)4/h5-12,31-32H,1-4H3. The van der Waals surface area contributed by atoms with Crippen molar-refractivity contribution in [2.45, 2.75) is 27.7 Å². The van der Waals surface area contributed by atoms with Crippen molar-refractivity contribution in [3.05, 3.63) is 81.6 Å². The Morgan fingerprint density at radius 3 is 1.28 bits per heavy atom. The van der Waals surface area contributed by atoms with Gasteiger partial charge in [0.25, 0.3) is 0 Å². The third-order valence-electron chi connectivity index (χ3n) is 5.79. The second kappa shape index (κ2) is 7.24. The van der Waals surface area contributed by atoms with Gasteiger partial charge in [0, 0.05) is 0 Å². The quantitative estimate of drug-likeness (QED) is 0.307. The average Bonchev–Trinajstić information content (AvgIpc) is 3.51. The van der Waals surface area contributed by atoms with Gasteiger partial charge in [-0.1, -0.05) is 12.1 Å². The van der Waals surface area contributed by atoms with Crippen molar-refractivity contribution in [2.75, 3.05) is 0 Å². The van der Waals surface area contributed by atoms with Crippen molar-refractivity contribution in [3.63, 3.8) is 0 Å². The molecule has 2 aliphatic rings. The lowest BCUT2D eigenvalue weighted by Gasteiger charge is -2.02. The lowest BCUT2D eigenvalue weighted by atomic mass is 10.1. The second-order valence-electron chi connectivity index (χ2n) is 8.29. The SMILES string of the molecule is Cc1cc(-c2ccc3c(c2)OC(=C2Oc4ccc(-c5cc(C)[pH]c5C)cc4O2)O3)c(C)[pH]1. The lowest BCUT2D eigenvalue weighted by Crippen LogP contribution is -2.06. The molecule has 2 aromatic carbocycles. The van der Waals surface area contributed by atoms with Gasteiger partial charge in [-0.15, -0.1) is 16.4 Å². The van der Waals surface area contributed by atoms with Gasteiger partial charge in [0.1, 0.15) is 0 Å². The molecule has 0 bridgehead atoms. The lowest BCUT2D eigenvalue weighted by molar-refractivity contribution is 0.185. The minimum Gasteiger partial charge on any atom is -0.417 e. The van der Waals surface area contributed by atoms with Crippen LogP contribution in [0.4, 0.5) is 0 Å². The number of fused-ring (bicyclic) bond motifs is 2. The molecule has 2 aromatic heterocycles. The van der Waals surface area contributed by atoms with Gasteiger partial charge in [0.2, 0.25) is 0 Å². The molecule has 4 nitrogen and oxygen atoms in total. The van der Waals surface area contributed by atoms with E-state index in [1.54, 1.807) is 0 Å². The summed E-state index contributed by atoms with van der Waals surface area (Å²) in [7, 11) is 1.53. The smallest absolute Gasteiger partial charge is 0.376 e. The van der Waals surface area contributed by atoms with Crippen LogP contribution in [-0.4, -0.2) is 0 Å². The summed E-state index contributed by atoms with van der Waals surface area (Å²) >= 11 is 0. The molecule has 4 heterocycles. The number of hydrogen-bond acceptors (Lipinski definition) is 4. The van der Waals surface area contributed by atoms with Crippen molar-refractivity contribution < 1.29 is 18.9 Å². The number of rotatable bonds is 2. The van der Waals surface area contributed by atoms with Crippen LogP contribution in [0.25, 0.3) is 22.3 Å². The summed E-state index contributed by atoms with van der Waals surface area (Å²) in [5, 5.41) is 5.59. The fourth-order valence-electron chi connectivity index (χ4n) is 4.33. The molecule has 0 N–H and O–H groups in total. The highest BCUT2D eigenvalue weighted by atomic mass is 31.0. The molecule has 2 unspecified atom stereocenters. The predicted molar refractivity (Wildman–Crippen MR) is 131 cm³/mol. The second-order valence-corrected chi connectivity index (χ2v) is 11.9. The van der Waals surface area contributed by atoms with E-state index in [1.165, 1.54) is 32.3 Å². The zero-order valence-corrected chi connectivity index (χ0v) is 20.3. The fourth-order valence-corrected chi connectivity index (χ4v) is 6.65. The van der Waals surface area contributed by atoms with Crippen LogP contribution in [0.3, 0.4) is 0 Å². The van der Waals surface area contributed by atoms with E-state index in [4.69, 9.17) is 18.9 Å². The first-order chi connectivity index (χ1) is 15.4. The molecule has 6 heteroatoms. The zero-order valence-electron chi connectivity index (χ0n) is 18.3. The summed E-state index contributed by atoms with van der Waals surface area (Å²) in [6, 6.07) is 16.6. The Morgan fingerprint density at radius 1 is 0.500 bits per heavy atom. The first-order valence-electron chi connectivity index (χ1n) is 10.5. The Kier molecular flexibility index (Phi) is 4.43. The van der Waals surface area contributed by atoms with Crippen LogP contribution < -0.4 is 18.9 Å². The zero-order chi connectivity index (χ0) is 22.0. The Balaban J connectivity index is 1.28. The Bertz CT molecular complexity index is 1320. The molecule has 2 aliphatic heterocycles. The Labute approximate surface area is 190 Å². The molecule has 0 aliphatic carbocycles. The van der Waals surface area contributed by atoms with Crippen LogP contribution in [0.5, 0.6) is 23.0 Å². The highest BCUT2D eigenvalue weighted by molar-refractivity contribution is 7.32. The molecule has 0 amide bonds. The Hall–Kier alpha value is -3.06. The summed E-state index contributed by atoms with van der Waals surface area (Å²) in [6.07, 6.45) is 0. The minimum atomic E-state index is 0.231. The molecule has 32 heavy (non-hydrogen) atoms. The van der Waals surface area contributed by atoms with Gasteiger partial charge < -0.3 is 18.9 Å². The van der Waals surface area contributed by atoms with E-state index in [0.29, 0.717) is 23.0 Å². The normalized spacial score (nSPS) is 16.6. The summed E-state index contributed by atoms with van der Waals surface area (Å²) in [6.45, 7) is 8.71. The van der Waals surface area contributed by atoms with E-state index in [1.807, 2.05) is 24.3 Å². The molecular weight excluding hydrogens is 438 g/mol. The predicted octanol–water partition coefficient (Wildman–Crippen LogP) is 7.69. The largest absolute Gasteiger partial charge is 0.417 e. The van der Waals surface area contributed by atoms with Crippen LogP contribution in [0.1, 0.15) is 21.2 Å². The van der Waals surface area contributed by atoms with Gasteiger partial charge in [-0.25, -0.2) is 0 Å². The first kappa shape index (κ1) is 19.6. The molecule has 0 radical (unpaired) electrons. The van der Waals surface area contributed by atoms with E-state index < -0.39 is 0 Å². The van der Waals surface area contributed by atoms with E-state index in [0.717, 1.165) is 27.5 Å². The van der Waals surface area contributed by atoms with Crippen molar-refractivity contribution in [1.29, 1.82) is 0 Å². The molecule has 6 rings (SSSR count). The van der Waals surface area contributed by atoms with Gasteiger partial charge in [-0.3, -0.25) is 0 Å². The van der Waals surface area contributed by atoms with Crippen molar-refractivity contribution in [3.8, 4) is 45.3 Å². The average molecular weight is 460 g/mol. The van der Waals surface area contributed by atoms with Crippen molar-refractivity contribution in [2.24, 2.45) is 0 Å². The third kappa shape index (κ3) is 3.23. The molecule has 0 fully saturated rings. The molecule has 0 spiro atoms. The van der Waals surface area contributed by atoms with E-state index in [2.05, 4.69) is 52.0 Å². The van der Waals surface area contributed by atoms with Crippen LogP contribution in [0, 0.1) is 27.7 Å². The number of benzene rings is 2. The maximum atomic E-state index is 5.99. The van der Waals surface area contributed by atoms with Crippen molar-refractivity contribution in [1.82, 2.24) is 0 Å². The van der Waals surface area contributed by atoms with E-state index in [-0.39, 0.29) is 11.9 Å². The molecule has 160 valence electrons. The highest BCUT2D eigenvalue weighted by Gasteiger charge is 2.32. The van der Waals surface area contributed by atoms with Gasteiger partial charge in [0.15, 0.2) is 23.0 Å². The number of hydrogen-bond donors (Lipinski definition) is 0. The summed E-state index contributed by atoms with van der Waals surface area (Å²) in [5.74, 6) is 3.12. The highest BCUT2D eigenvalue weighted by Crippen LogP contribution is 2.46. The third-order valence-corrected chi connectivity index (χ3v) is 8.15. The van der Waals surface area contributed by atoms with Crippen LogP contribution in [0.2, 0.25) is 0 Å². The molecular formula is C26H22O4P2.